The Kier molecular flexibility index (Phi) is 4.14. The maximum atomic E-state index is 12.6. The molecule has 1 heterocycles. The number of aliphatic hydroxyl groups is 1. The van der Waals surface area contributed by atoms with Gasteiger partial charge in [0, 0.05) is 0 Å². The highest BCUT2D eigenvalue weighted by Gasteiger charge is 2.46. The molecule has 2 aromatic rings. The van der Waals surface area contributed by atoms with Crippen LogP contribution in [0, 0.1) is 0 Å². The first-order valence-electron chi connectivity index (χ1n) is 7.34. The van der Waals surface area contributed by atoms with E-state index in [0.717, 1.165) is 12.0 Å². The van der Waals surface area contributed by atoms with Crippen LogP contribution in [0.1, 0.15) is 32.4 Å². The predicted molar refractivity (Wildman–Crippen MR) is 84.1 cm³/mol. The second kappa shape index (κ2) is 6.25. The van der Waals surface area contributed by atoms with Gasteiger partial charge in [0.15, 0.2) is 6.04 Å². The van der Waals surface area contributed by atoms with Crippen LogP contribution < -0.4 is 0 Å². The number of imide groups is 1. The highest BCUT2D eigenvalue weighted by Crippen LogP contribution is 2.30. The summed E-state index contributed by atoms with van der Waals surface area (Å²) in [6.45, 7) is 0. The molecule has 0 spiro atoms. The molecule has 3 rings (SSSR count). The standard InChI is InChI=1S/C18H15NO5/c1-24-18(23)14(15(20)11-7-3-2-4-8-11)19-16(21)12-9-5-6-10-13(12)17(19)22/h2-10,14-15,20H,1H3/t14-,15-/m0/s1. The summed E-state index contributed by atoms with van der Waals surface area (Å²) in [5.74, 6) is -2.11. The number of carbonyl (C=O) groups excluding carboxylic acids is 3. The molecule has 1 aliphatic rings. The van der Waals surface area contributed by atoms with Crippen LogP contribution in [-0.4, -0.2) is 40.9 Å². The van der Waals surface area contributed by atoms with Gasteiger partial charge in [-0.05, 0) is 17.7 Å². The lowest BCUT2D eigenvalue weighted by Gasteiger charge is -2.28. The highest BCUT2D eigenvalue weighted by atomic mass is 16.5. The second-order valence-electron chi connectivity index (χ2n) is 5.35. The molecule has 0 bridgehead atoms. The van der Waals surface area contributed by atoms with Crippen LogP contribution >= 0.6 is 0 Å². The van der Waals surface area contributed by atoms with E-state index in [9.17, 15) is 19.5 Å². The van der Waals surface area contributed by atoms with Crippen molar-refractivity contribution in [2.45, 2.75) is 12.1 Å². The number of benzene rings is 2. The van der Waals surface area contributed by atoms with Gasteiger partial charge in [0.25, 0.3) is 11.8 Å². The van der Waals surface area contributed by atoms with Crippen molar-refractivity contribution in [2.24, 2.45) is 0 Å². The SMILES string of the molecule is COC(=O)[C@H]([C@@H](O)c1ccccc1)N1C(=O)c2ccccc2C1=O. The zero-order chi connectivity index (χ0) is 17.3. The molecular weight excluding hydrogens is 310 g/mol. The van der Waals surface area contributed by atoms with E-state index in [-0.39, 0.29) is 11.1 Å². The molecule has 2 aromatic carbocycles. The molecule has 2 atom stereocenters. The van der Waals surface area contributed by atoms with Gasteiger partial charge in [0.2, 0.25) is 0 Å². The van der Waals surface area contributed by atoms with Crippen LogP contribution in [0.5, 0.6) is 0 Å². The van der Waals surface area contributed by atoms with Crippen molar-refractivity contribution in [2.75, 3.05) is 7.11 Å². The van der Waals surface area contributed by atoms with Gasteiger partial charge in [-0.3, -0.25) is 14.5 Å². The lowest BCUT2D eigenvalue weighted by atomic mass is 10.0. The normalized spacial score (nSPS) is 15.8. The van der Waals surface area contributed by atoms with Crippen LogP contribution in [0.4, 0.5) is 0 Å². The van der Waals surface area contributed by atoms with Crippen molar-refractivity contribution >= 4 is 17.8 Å². The molecule has 6 nitrogen and oxygen atoms in total. The molecular formula is C18H15NO5. The molecule has 2 amide bonds. The number of fused-ring (bicyclic) bond motifs is 1. The number of hydrogen-bond acceptors (Lipinski definition) is 5. The Balaban J connectivity index is 2.04. The monoisotopic (exact) mass is 325 g/mol. The van der Waals surface area contributed by atoms with Gasteiger partial charge in [0.1, 0.15) is 6.10 Å². The number of ether oxygens (including phenoxy) is 1. The molecule has 0 radical (unpaired) electrons. The zero-order valence-electron chi connectivity index (χ0n) is 12.9. The Morgan fingerprint density at radius 3 is 1.96 bits per heavy atom. The Morgan fingerprint density at radius 2 is 1.46 bits per heavy atom. The number of esters is 1. The van der Waals surface area contributed by atoms with Crippen molar-refractivity contribution in [1.82, 2.24) is 4.90 Å². The van der Waals surface area contributed by atoms with Crippen LogP contribution in [0.15, 0.2) is 54.6 Å². The molecule has 6 heteroatoms. The second-order valence-corrected chi connectivity index (χ2v) is 5.35. The maximum absolute atomic E-state index is 12.6. The topological polar surface area (TPSA) is 83.9 Å². The van der Waals surface area contributed by atoms with Crippen LogP contribution in [-0.2, 0) is 9.53 Å². The fraction of sp³-hybridized carbons (Fsp3) is 0.167. The van der Waals surface area contributed by atoms with Crippen molar-refractivity contribution in [1.29, 1.82) is 0 Å². The summed E-state index contributed by atoms with van der Waals surface area (Å²) in [5, 5.41) is 10.6. The van der Waals surface area contributed by atoms with Gasteiger partial charge in [0.05, 0.1) is 18.2 Å². The fourth-order valence-electron chi connectivity index (χ4n) is 2.79. The quantitative estimate of drug-likeness (QED) is 0.681. The number of aliphatic hydroxyl groups excluding tert-OH is 1. The minimum absolute atomic E-state index is 0.205. The average molecular weight is 325 g/mol. The van der Waals surface area contributed by atoms with Gasteiger partial charge >= 0.3 is 5.97 Å². The van der Waals surface area contributed by atoms with Gasteiger partial charge in [-0.25, -0.2) is 4.79 Å². The Hall–Kier alpha value is -2.99. The molecule has 0 unspecified atom stereocenters. The van der Waals surface area contributed by atoms with E-state index < -0.39 is 29.9 Å². The molecule has 122 valence electrons. The van der Waals surface area contributed by atoms with Crippen molar-refractivity contribution in [3.05, 3.63) is 71.3 Å². The van der Waals surface area contributed by atoms with Crippen LogP contribution in [0.3, 0.4) is 0 Å². The summed E-state index contributed by atoms with van der Waals surface area (Å²) in [4.78, 5) is 38.2. The zero-order valence-corrected chi connectivity index (χ0v) is 12.9. The smallest absolute Gasteiger partial charge is 0.332 e. The number of amides is 2. The van der Waals surface area contributed by atoms with Crippen molar-refractivity contribution in [3.8, 4) is 0 Å². The summed E-state index contributed by atoms with van der Waals surface area (Å²) >= 11 is 0. The summed E-state index contributed by atoms with van der Waals surface area (Å²) in [5.41, 5.74) is 0.817. The van der Waals surface area contributed by atoms with Gasteiger partial charge < -0.3 is 9.84 Å². The predicted octanol–water partition coefficient (Wildman–Crippen LogP) is 1.56. The maximum Gasteiger partial charge on any atom is 0.332 e. The van der Waals surface area contributed by atoms with E-state index in [1.807, 2.05) is 0 Å². The molecule has 0 saturated heterocycles. The molecule has 24 heavy (non-hydrogen) atoms. The first kappa shape index (κ1) is 15.9. The molecule has 0 aliphatic carbocycles. The number of rotatable bonds is 4. The largest absolute Gasteiger partial charge is 0.467 e. The first-order chi connectivity index (χ1) is 11.6. The lowest BCUT2D eigenvalue weighted by molar-refractivity contribution is -0.149. The summed E-state index contributed by atoms with van der Waals surface area (Å²) in [6, 6.07) is 13.2. The third-order valence-corrected chi connectivity index (χ3v) is 3.99. The molecule has 0 aromatic heterocycles. The average Bonchev–Trinajstić information content (AvgIpc) is 2.88. The Labute approximate surface area is 138 Å². The van der Waals surface area contributed by atoms with Gasteiger partial charge in [-0.2, -0.15) is 0 Å². The minimum atomic E-state index is -1.45. The third-order valence-electron chi connectivity index (χ3n) is 3.99. The lowest BCUT2D eigenvalue weighted by Crippen LogP contribution is -2.49. The van der Waals surface area contributed by atoms with E-state index in [1.165, 1.54) is 12.1 Å². The van der Waals surface area contributed by atoms with Crippen LogP contribution in [0.25, 0.3) is 0 Å². The number of carbonyl (C=O) groups is 3. The summed E-state index contributed by atoms with van der Waals surface area (Å²) in [7, 11) is 1.14. The molecule has 1 N–H and O–H groups in total. The summed E-state index contributed by atoms with van der Waals surface area (Å²) < 4.78 is 4.72. The highest BCUT2D eigenvalue weighted by molar-refractivity contribution is 6.22. The minimum Gasteiger partial charge on any atom is -0.467 e. The van der Waals surface area contributed by atoms with Gasteiger partial charge in [-0.1, -0.05) is 42.5 Å². The van der Waals surface area contributed by atoms with E-state index in [0.29, 0.717) is 5.56 Å². The third kappa shape index (κ3) is 2.47. The number of hydrogen-bond donors (Lipinski definition) is 1. The van der Waals surface area contributed by atoms with E-state index in [1.54, 1.807) is 42.5 Å². The first-order valence-corrected chi connectivity index (χ1v) is 7.34. The Morgan fingerprint density at radius 1 is 0.958 bits per heavy atom. The Bertz CT molecular complexity index is 767. The number of methoxy groups -OCH3 is 1. The van der Waals surface area contributed by atoms with E-state index in [2.05, 4.69) is 0 Å². The molecule has 0 saturated carbocycles. The van der Waals surface area contributed by atoms with Crippen molar-refractivity contribution < 1.29 is 24.2 Å². The molecule has 1 aliphatic heterocycles. The van der Waals surface area contributed by atoms with E-state index in [4.69, 9.17) is 4.74 Å². The number of nitrogens with zero attached hydrogens (tertiary/aromatic N) is 1. The summed E-state index contributed by atoms with van der Waals surface area (Å²) in [6.07, 6.45) is -1.39. The fourth-order valence-corrected chi connectivity index (χ4v) is 2.79. The molecule has 0 fully saturated rings. The van der Waals surface area contributed by atoms with E-state index >= 15 is 0 Å². The van der Waals surface area contributed by atoms with Crippen LogP contribution in [0.2, 0.25) is 0 Å². The van der Waals surface area contributed by atoms with Crippen molar-refractivity contribution in [3.63, 3.8) is 0 Å². The van der Waals surface area contributed by atoms with Gasteiger partial charge in [-0.15, -0.1) is 0 Å².